The highest BCUT2D eigenvalue weighted by Gasteiger charge is 2.06. The van der Waals surface area contributed by atoms with E-state index in [1.165, 1.54) is 6.07 Å². The molecule has 2 nitrogen and oxygen atoms in total. The lowest BCUT2D eigenvalue weighted by Crippen LogP contribution is -1.90. The molecule has 1 aromatic carbocycles. The fourth-order valence-electron chi connectivity index (χ4n) is 1.27. The van der Waals surface area contributed by atoms with Crippen LogP contribution in [0.2, 0.25) is 5.02 Å². The molecular weight excluding hydrogens is 229 g/mol. The van der Waals surface area contributed by atoms with Crippen molar-refractivity contribution in [3.05, 3.63) is 52.9 Å². The monoisotopic (exact) mass is 237 g/mol. The van der Waals surface area contributed by atoms with Crippen LogP contribution in [0.25, 0.3) is 0 Å². The van der Waals surface area contributed by atoms with E-state index in [4.69, 9.17) is 16.3 Å². The van der Waals surface area contributed by atoms with E-state index in [2.05, 4.69) is 4.98 Å². The largest absolute Gasteiger partial charge is 0.438 e. The van der Waals surface area contributed by atoms with Crippen molar-refractivity contribution in [2.45, 2.75) is 6.92 Å². The van der Waals surface area contributed by atoms with Crippen LogP contribution in [0, 0.1) is 12.7 Å². The van der Waals surface area contributed by atoms with Gasteiger partial charge in [0.1, 0.15) is 16.6 Å². The number of rotatable bonds is 2. The molecule has 0 amide bonds. The van der Waals surface area contributed by atoms with Gasteiger partial charge >= 0.3 is 0 Å². The van der Waals surface area contributed by atoms with Crippen LogP contribution in [0.4, 0.5) is 4.39 Å². The van der Waals surface area contributed by atoms with Crippen molar-refractivity contribution in [3.8, 4) is 11.6 Å². The van der Waals surface area contributed by atoms with Crippen molar-refractivity contribution in [3.63, 3.8) is 0 Å². The first-order valence-electron chi connectivity index (χ1n) is 4.71. The van der Waals surface area contributed by atoms with E-state index >= 15 is 0 Å². The van der Waals surface area contributed by atoms with E-state index in [1.54, 1.807) is 6.07 Å². The molecule has 0 aliphatic carbocycles. The molecule has 0 bridgehead atoms. The quantitative estimate of drug-likeness (QED) is 0.788. The smallest absolute Gasteiger partial charge is 0.238 e. The molecule has 16 heavy (non-hydrogen) atoms. The highest BCUT2D eigenvalue weighted by molar-refractivity contribution is 6.31. The third-order valence-electron chi connectivity index (χ3n) is 1.98. The van der Waals surface area contributed by atoms with Crippen LogP contribution in [-0.2, 0) is 0 Å². The van der Waals surface area contributed by atoms with E-state index in [-0.39, 0.29) is 10.9 Å². The Morgan fingerprint density at radius 3 is 2.81 bits per heavy atom. The summed E-state index contributed by atoms with van der Waals surface area (Å²) in [6.45, 7) is 1.95. The number of pyridine rings is 1. The number of hydrogen-bond donors (Lipinski definition) is 0. The summed E-state index contributed by atoms with van der Waals surface area (Å²) in [5.74, 6) is 0.344. The molecular formula is C12H9ClFNO. The first-order valence-corrected chi connectivity index (χ1v) is 5.08. The number of hydrogen-bond acceptors (Lipinski definition) is 2. The number of nitrogens with zero attached hydrogens (tertiary/aromatic N) is 1. The summed E-state index contributed by atoms with van der Waals surface area (Å²) in [6.07, 6.45) is 1.07. The van der Waals surface area contributed by atoms with Gasteiger partial charge in [-0.3, -0.25) is 0 Å². The predicted octanol–water partition coefficient (Wildman–Crippen LogP) is 3.97. The number of aromatic nitrogens is 1. The van der Waals surface area contributed by atoms with Crippen molar-refractivity contribution in [1.82, 2.24) is 4.98 Å². The molecule has 1 aromatic heterocycles. The van der Waals surface area contributed by atoms with E-state index in [1.807, 2.05) is 25.1 Å². The van der Waals surface area contributed by atoms with Crippen molar-refractivity contribution in [2.24, 2.45) is 0 Å². The summed E-state index contributed by atoms with van der Waals surface area (Å²) in [5.41, 5.74) is 1.07. The highest BCUT2D eigenvalue weighted by Crippen LogP contribution is 2.27. The molecule has 0 atom stereocenters. The second kappa shape index (κ2) is 4.49. The summed E-state index contributed by atoms with van der Waals surface area (Å²) < 4.78 is 18.2. The van der Waals surface area contributed by atoms with Gasteiger partial charge in [0.15, 0.2) is 0 Å². The Kier molecular flexibility index (Phi) is 3.06. The molecule has 4 heteroatoms. The minimum Gasteiger partial charge on any atom is -0.438 e. The van der Waals surface area contributed by atoms with E-state index in [0.29, 0.717) is 5.75 Å². The van der Waals surface area contributed by atoms with Gasteiger partial charge in [0, 0.05) is 0 Å². The number of aryl methyl sites for hydroxylation is 1. The van der Waals surface area contributed by atoms with Gasteiger partial charge in [-0.15, -0.1) is 0 Å². The average Bonchev–Trinajstić information content (AvgIpc) is 2.22. The normalized spacial score (nSPS) is 10.2. The lowest BCUT2D eigenvalue weighted by atomic mass is 10.2. The maximum atomic E-state index is 12.7. The lowest BCUT2D eigenvalue weighted by Gasteiger charge is -2.06. The minimum absolute atomic E-state index is 0.154. The predicted molar refractivity (Wildman–Crippen MR) is 60.5 cm³/mol. The molecule has 0 saturated carbocycles. The van der Waals surface area contributed by atoms with Crippen LogP contribution in [0.5, 0.6) is 11.6 Å². The second-order valence-corrected chi connectivity index (χ2v) is 3.77. The van der Waals surface area contributed by atoms with Crippen molar-refractivity contribution in [2.75, 3.05) is 0 Å². The maximum Gasteiger partial charge on any atom is 0.238 e. The molecule has 0 radical (unpaired) electrons. The Labute approximate surface area is 97.7 Å². The van der Waals surface area contributed by atoms with Gasteiger partial charge in [-0.2, -0.15) is 0 Å². The molecule has 0 N–H and O–H groups in total. The van der Waals surface area contributed by atoms with Crippen LogP contribution in [-0.4, -0.2) is 4.98 Å². The number of benzene rings is 1. The standard InChI is InChI=1S/C12H9ClFNO/c1-8-3-2-4-10(5-8)16-12-11(13)6-9(14)7-15-12/h2-7H,1H3. The first-order chi connectivity index (χ1) is 7.65. The molecule has 0 aliphatic heterocycles. The van der Waals surface area contributed by atoms with Gasteiger partial charge in [0.25, 0.3) is 0 Å². The maximum absolute atomic E-state index is 12.7. The van der Waals surface area contributed by atoms with Gasteiger partial charge in [0.2, 0.25) is 5.88 Å². The minimum atomic E-state index is -0.485. The Hall–Kier alpha value is -1.61. The topological polar surface area (TPSA) is 22.1 Å². The zero-order valence-electron chi connectivity index (χ0n) is 8.58. The van der Waals surface area contributed by atoms with Gasteiger partial charge in [-0.1, -0.05) is 23.7 Å². The van der Waals surface area contributed by atoms with Crippen LogP contribution < -0.4 is 4.74 Å². The molecule has 82 valence electrons. The summed E-state index contributed by atoms with van der Waals surface area (Å²) in [6, 6.07) is 8.62. The van der Waals surface area contributed by atoms with E-state index < -0.39 is 5.82 Å². The molecule has 2 aromatic rings. The number of halogens is 2. The van der Waals surface area contributed by atoms with E-state index in [0.717, 1.165) is 11.8 Å². The van der Waals surface area contributed by atoms with Crippen molar-refractivity contribution >= 4 is 11.6 Å². The van der Waals surface area contributed by atoms with Crippen LogP contribution in [0.3, 0.4) is 0 Å². The Balaban J connectivity index is 2.27. The van der Waals surface area contributed by atoms with Crippen molar-refractivity contribution in [1.29, 1.82) is 0 Å². The van der Waals surface area contributed by atoms with Gasteiger partial charge in [-0.05, 0) is 30.7 Å². The Bertz CT molecular complexity index is 516. The van der Waals surface area contributed by atoms with Crippen LogP contribution in [0.15, 0.2) is 36.5 Å². The van der Waals surface area contributed by atoms with Gasteiger partial charge in [-0.25, -0.2) is 9.37 Å². The molecule has 1 heterocycles. The zero-order valence-corrected chi connectivity index (χ0v) is 9.33. The van der Waals surface area contributed by atoms with Crippen LogP contribution in [0.1, 0.15) is 5.56 Å². The summed E-state index contributed by atoms with van der Waals surface area (Å²) in [7, 11) is 0. The first kappa shape index (κ1) is 10.9. The average molecular weight is 238 g/mol. The van der Waals surface area contributed by atoms with Gasteiger partial charge < -0.3 is 4.74 Å². The van der Waals surface area contributed by atoms with E-state index in [9.17, 15) is 4.39 Å². The van der Waals surface area contributed by atoms with Crippen LogP contribution >= 0.6 is 11.6 Å². The summed E-state index contributed by atoms with van der Waals surface area (Å²) >= 11 is 5.79. The number of ether oxygens (including phenoxy) is 1. The molecule has 0 saturated heterocycles. The highest BCUT2D eigenvalue weighted by atomic mass is 35.5. The molecule has 0 spiro atoms. The molecule has 0 unspecified atom stereocenters. The Morgan fingerprint density at radius 2 is 2.12 bits per heavy atom. The fraction of sp³-hybridized carbons (Fsp3) is 0.0833. The zero-order chi connectivity index (χ0) is 11.5. The molecule has 0 aliphatic rings. The Morgan fingerprint density at radius 1 is 1.31 bits per heavy atom. The summed E-state index contributed by atoms with van der Waals surface area (Å²) in [5, 5.41) is 0.154. The second-order valence-electron chi connectivity index (χ2n) is 3.36. The fourth-order valence-corrected chi connectivity index (χ4v) is 1.46. The van der Waals surface area contributed by atoms with Crippen molar-refractivity contribution < 1.29 is 9.13 Å². The van der Waals surface area contributed by atoms with Gasteiger partial charge in [0.05, 0.1) is 6.20 Å². The third-order valence-corrected chi connectivity index (χ3v) is 2.25. The summed E-state index contributed by atoms with van der Waals surface area (Å²) in [4.78, 5) is 3.77. The third kappa shape index (κ3) is 2.49. The SMILES string of the molecule is Cc1cccc(Oc2ncc(F)cc2Cl)c1. The molecule has 2 rings (SSSR count). The lowest BCUT2D eigenvalue weighted by molar-refractivity contribution is 0.459. The molecule has 0 fully saturated rings.